The highest BCUT2D eigenvalue weighted by molar-refractivity contribution is 7.19. The van der Waals surface area contributed by atoms with Crippen LogP contribution in [0.15, 0.2) is 48.5 Å². The van der Waals surface area contributed by atoms with Crippen LogP contribution in [0.5, 0.6) is 0 Å². The molecule has 0 radical (unpaired) electrons. The number of nitrogens with zero attached hydrogens (tertiary/aromatic N) is 2. The number of aliphatic hydroxyl groups is 1. The fraction of sp³-hybridized carbons (Fsp3) is 0.320. The van der Waals surface area contributed by atoms with Gasteiger partial charge in [0.1, 0.15) is 10.8 Å². The lowest BCUT2D eigenvalue weighted by Crippen LogP contribution is -2.25. The first kappa shape index (κ1) is 24.4. The summed E-state index contributed by atoms with van der Waals surface area (Å²) in [5, 5.41) is 22.9. The minimum absolute atomic E-state index is 0.191. The van der Waals surface area contributed by atoms with Gasteiger partial charge in [0.2, 0.25) is 0 Å². The molecule has 3 rings (SSSR count). The van der Waals surface area contributed by atoms with Crippen molar-refractivity contribution in [1.29, 1.82) is 5.26 Å². The molecule has 172 valence electrons. The third-order valence-electron chi connectivity index (χ3n) is 4.92. The highest BCUT2D eigenvalue weighted by atomic mass is 32.1. The topological polar surface area (TPSA) is 121 Å². The molecule has 0 fully saturated rings. The molecule has 1 amide bonds. The maximum absolute atomic E-state index is 12.1. The zero-order valence-electron chi connectivity index (χ0n) is 19.2. The second-order valence-corrected chi connectivity index (χ2v) is 10.0. The smallest absolute Gasteiger partial charge is 0.251 e. The molecule has 0 atom stereocenters. The molecule has 8 heteroatoms. The molecule has 0 saturated heterocycles. The van der Waals surface area contributed by atoms with Gasteiger partial charge in [0.25, 0.3) is 5.91 Å². The third-order valence-corrected chi connectivity index (χ3v) is 6.02. The molecule has 2 heterocycles. The number of anilines is 2. The minimum Gasteiger partial charge on any atom is -0.388 e. The van der Waals surface area contributed by atoms with Gasteiger partial charge in [0, 0.05) is 4.88 Å². The number of nitrogens with one attached hydrogen (secondary N) is 1. The maximum Gasteiger partial charge on any atom is 0.251 e. The summed E-state index contributed by atoms with van der Waals surface area (Å²) >= 11 is 1.40. The largest absolute Gasteiger partial charge is 0.388 e. The fourth-order valence-electron chi connectivity index (χ4n) is 3.08. The van der Waals surface area contributed by atoms with Crippen LogP contribution in [0.2, 0.25) is 0 Å². The van der Waals surface area contributed by atoms with Gasteiger partial charge in [0.15, 0.2) is 0 Å². The van der Waals surface area contributed by atoms with E-state index in [1.165, 1.54) is 11.3 Å². The summed E-state index contributed by atoms with van der Waals surface area (Å²) in [6.07, 6.45) is 0. The predicted molar refractivity (Wildman–Crippen MR) is 130 cm³/mol. The molecule has 3 aromatic rings. The van der Waals surface area contributed by atoms with Crippen molar-refractivity contribution in [2.24, 2.45) is 5.73 Å². The van der Waals surface area contributed by atoms with E-state index < -0.39 is 16.9 Å². The number of amides is 1. The number of carbonyl (C=O) groups excluding carboxylic acids is 1. The summed E-state index contributed by atoms with van der Waals surface area (Å²) in [4.78, 5) is 17.5. The Bertz CT molecular complexity index is 1170. The highest BCUT2D eigenvalue weighted by Gasteiger charge is 2.20. The third kappa shape index (κ3) is 6.39. The van der Waals surface area contributed by atoms with Gasteiger partial charge in [-0.05, 0) is 57.0 Å². The normalized spacial score (nSPS) is 11.8. The molecule has 0 unspecified atom stereocenters. The number of pyridine rings is 1. The van der Waals surface area contributed by atoms with Gasteiger partial charge in [-0.1, -0.05) is 30.3 Å². The van der Waals surface area contributed by atoms with E-state index in [0.29, 0.717) is 22.1 Å². The summed E-state index contributed by atoms with van der Waals surface area (Å²) in [5.74, 6) is 0.0216. The number of aromatic nitrogens is 1. The average molecular weight is 465 g/mol. The molecule has 4 N–H and O–H groups in total. The highest BCUT2D eigenvalue weighted by Crippen LogP contribution is 2.37. The first-order valence-corrected chi connectivity index (χ1v) is 11.3. The monoisotopic (exact) mass is 464 g/mol. The maximum atomic E-state index is 12.1. The van der Waals surface area contributed by atoms with Crippen LogP contribution in [-0.2, 0) is 16.8 Å². The summed E-state index contributed by atoms with van der Waals surface area (Å²) in [7, 11) is 0. The van der Waals surface area contributed by atoms with E-state index in [1.807, 2.05) is 50.2 Å². The van der Waals surface area contributed by atoms with Crippen molar-refractivity contribution in [3.8, 4) is 16.5 Å². The second-order valence-electron chi connectivity index (χ2n) is 8.98. The number of nitrogens with two attached hydrogens (primary N) is 1. The number of ether oxygens (including phenoxy) is 1. The van der Waals surface area contributed by atoms with Crippen molar-refractivity contribution >= 4 is 28.1 Å². The molecule has 0 saturated carbocycles. The summed E-state index contributed by atoms with van der Waals surface area (Å²) < 4.78 is 5.52. The van der Waals surface area contributed by atoms with Gasteiger partial charge < -0.3 is 20.9 Å². The van der Waals surface area contributed by atoms with E-state index >= 15 is 0 Å². The molecule has 1 aromatic carbocycles. The Balaban J connectivity index is 1.82. The van der Waals surface area contributed by atoms with Crippen molar-refractivity contribution in [1.82, 2.24) is 4.98 Å². The van der Waals surface area contributed by atoms with E-state index in [0.717, 1.165) is 16.0 Å². The van der Waals surface area contributed by atoms with Crippen LogP contribution >= 0.6 is 11.3 Å². The molecule has 0 bridgehead atoms. The summed E-state index contributed by atoms with van der Waals surface area (Å²) in [5.41, 5.74) is 7.05. The van der Waals surface area contributed by atoms with Gasteiger partial charge in [-0.3, -0.25) is 4.79 Å². The number of thiophene rings is 1. The lowest BCUT2D eigenvalue weighted by atomic mass is 9.86. The Morgan fingerprint density at radius 1 is 1.21 bits per heavy atom. The summed E-state index contributed by atoms with van der Waals surface area (Å²) in [6.45, 7) is 7.54. The van der Waals surface area contributed by atoms with Crippen molar-refractivity contribution in [3.05, 3.63) is 65.4 Å². The lowest BCUT2D eigenvalue weighted by molar-refractivity contribution is -0.0276. The summed E-state index contributed by atoms with van der Waals surface area (Å²) in [6, 6.07) is 17.2. The van der Waals surface area contributed by atoms with E-state index in [9.17, 15) is 15.2 Å². The molecule has 0 aliphatic carbocycles. The van der Waals surface area contributed by atoms with Crippen LogP contribution in [0.1, 0.15) is 49.3 Å². The van der Waals surface area contributed by atoms with Crippen molar-refractivity contribution < 1.29 is 14.6 Å². The predicted octanol–water partition coefficient (Wildman–Crippen LogP) is 4.74. The molecule has 33 heavy (non-hydrogen) atoms. The minimum atomic E-state index is -0.915. The van der Waals surface area contributed by atoms with Crippen LogP contribution < -0.4 is 11.1 Å². The zero-order valence-corrected chi connectivity index (χ0v) is 20.0. The van der Waals surface area contributed by atoms with Crippen molar-refractivity contribution in [3.63, 3.8) is 0 Å². The molecule has 0 aliphatic heterocycles. The molecule has 0 spiro atoms. The second kappa shape index (κ2) is 9.71. The molecule has 0 aliphatic rings. The van der Waals surface area contributed by atoms with Gasteiger partial charge in [-0.2, -0.15) is 5.26 Å². The van der Waals surface area contributed by atoms with E-state index in [-0.39, 0.29) is 13.2 Å². The molecule has 7 nitrogen and oxygen atoms in total. The van der Waals surface area contributed by atoms with Crippen molar-refractivity contribution in [2.45, 2.75) is 45.3 Å². The molecular formula is C25H28N4O3S. The average Bonchev–Trinajstić information content (AvgIpc) is 3.17. The van der Waals surface area contributed by atoms with Crippen LogP contribution in [-0.4, -0.2) is 28.2 Å². The number of carbonyl (C=O) groups is 1. The SMILES string of the molecule is CC(C)(O)COCc1cccc(Nc2sc(-c3ccc(C(C)(C)C#N)cc3)cc2C(N)=O)n1. The van der Waals surface area contributed by atoms with E-state index in [2.05, 4.69) is 16.4 Å². The zero-order chi connectivity index (χ0) is 24.2. The number of primary amides is 1. The first-order chi connectivity index (χ1) is 15.5. The standard InChI is InChI=1S/C25H28N4O3S/c1-24(2,14-26)17-10-8-16(9-11-17)20-12-19(22(27)30)23(33-20)29-21-7-5-6-18(28-21)13-32-15-25(3,4)31/h5-12,31H,13,15H2,1-4H3,(H2,27,30)(H,28,29). The lowest BCUT2D eigenvalue weighted by Gasteiger charge is -2.16. The Morgan fingerprint density at radius 2 is 1.91 bits per heavy atom. The number of nitriles is 1. The van der Waals surface area contributed by atoms with E-state index in [4.69, 9.17) is 10.5 Å². The van der Waals surface area contributed by atoms with E-state index in [1.54, 1.807) is 26.0 Å². The number of hydrogen-bond donors (Lipinski definition) is 3. The van der Waals surface area contributed by atoms with Gasteiger partial charge >= 0.3 is 0 Å². The molecular weight excluding hydrogens is 436 g/mol. The quantitative estimate of drug-likeness (QED) is 0.420. The van der Waals surface area contributed by atoms with Crippen LogP contribution in [0.4, 0.5) is 10.8 Å². The van der Waals surface area contributed by atoms with Crippen LogP contribution in [0, 0.1) is 11.3 Å². The number of rotatable bonds is 9. The number of hydrogen-bond acceptors (Lipinski definition) is 7. The fourth-order valence-corrected chi connectivity index (χ4v) is 4.15. The Morgan fingerprint density at radius 3 is 2.52 bits per heavy atom. The van der Waals surface area contributed by atoms with Crippen molar-refractivity contribution in [2.75, 3.05) is 11.9 Å². The van der Waals surface area contributed by atoms with Crippen LogP contribution in [0.3, 0.4) is 0 Å². The Labute approximate surface area is 197 Å². The van der Waals surface area contributed by atoms with Gasteiger partial charge in [0.05, 0.1) is 41.6 Å². The van der Waals surface area contributed by atoms with Crippen LogP contribution in [0.25, 0.3) is 10.4 Å². The molecule has 2 aromatic heterocycles. The Hall–Kier alpha value is -3.25. The number of benzene rings is 1. The van der Waals surface area contributed by atoms with Gasteiger partial charge in [-0.15, -0.1) is 11.3 Å². The Kier molecular flexibility index (Phi) is 7.18. The first-order valence-electron chi connectivity index (χ1n) is 10.5. The van der Waals surface area contributed by atoms with Gasteiger partial charge in [-0.25, -0.2) is 4.98 Å².